The van der Waals surface area contributed by atoms with Crippen molar-refractivity contribution in [2.75, 3.05) is 17.6 Å². The maximum absolute atomic E-state index is 5.96. The van der Waals surface area contributed by atoms with Crippen LogP contribution in [0.15, 0.2) is 23.0 Å². The summed E-state index contributed by atoms with van der Waals surface area (Å²) in [6, 6.07) is 3.66. The summed E-state index contributed by atoms with van der Waals surface area (Å²) in [4.78, 5) is 3.94. The van der Waals surface area contributed by atoms with Gasteiger partial charge in [0.2, 0.25) is 5.89 Å². The zero-order valence-corrected chi connectivity index (χ0v) is 10.2. The first-order chi connectivity index (χ1) is 8.16. The van der Waals surface area contributed by atoms with E-state index in [1.165, 1.54) is 6.33 Å². The van der Waals surface area contributed by atoms with Gasteiger partial charge >= 0.3 is 0 Å². The Bertz CT molecular complexity index is 498. The molecule has 0 aliphatic rings. The van der Waals surface area contributed by atoms with E-state index in [-0.39, 0.29) is 0 Å². The lowest BCUT2D eigenvalue weighted by Crippen LogP contribution is -2.06. The van der Waals surface area contributed by atoms with E-state index >= 15 is 0 Å². The Hall–Kier alpha value is -1.75. The molecule has 5 nitrogen and oxygen atoms in total. The highest BCUT2D eigenvalue weighted by atomic mass is 35.5. The fraction of sp³-hybridized carbons (Fsp3) is 0.273. The Kier molecular flexibility index (Phi) is 3.49. The summed E-state index contributed by atoms with van der Waals surface area (Å²) in [5.74, 6) is 0.608. The number of nitrogens with zero attached hydrogens (tertiary/aromatic N) is 2. The number of benzene rings is 1. The second-order valence-corrected chi connectivity index (χ2v) is 4.11. The monoisotopic (exact) mass is 252 g/mol. The Morgan fingerprint density at radius 3 is 3.00 bits per heavy atom. The van der Waals surface area contributed by atoms with Crippen LogP contribution in [0.4, 0.5) is 11.4 Å². The van der Waals surface area contributed by atoms with Crippen LogP contribution in [0.1, 0.15) is 11.5 Å². The van der Waals surface area contributed by atoms with E-state index in [0.717, 1.165) is 11.3 Å². The van der Waals surface area contributed by atoms with Gasteiger partial charge in [0.15, 0.2) is 6.33 Å². The van der Waals surface area contributed by atoms with Gasteiger partial charge in [0.1, 0.15) is 0 Å². The third-order valence-corrected chi connectivity index (χ3v) is 2.73. The molecule has 0 atom stereocenters. The van der Waals surface area contributed by atoms with Crippen LogP contribution in [0.25, 0.3) is 0 Å². The molecule has 0 bridgehead atoms. The van der Waals surface area contributed by atoms with Gasteiger partial charge in [-0.05, 0) is 24.6 Å². The fourth-order valence-corrected chi connectivity index (χ4v) is 1.67. The molecule has 2 rings (SSSR count). The van der Waals surface area contributed by atoms with Crippen LogP contribution < -0.4 is 11.1 Å². The molecule has 0 aliphatic heterocycles. The first-order valence-electron chi connectivity index (χ1n) is 5.22. The first kappa shape index (κ1) is 11.7. The predicted octanol–water partition coefficient (Wildman–Crippen LogP) is 2.27. The van der Waals surface area contributed by atoms with Crippen molar-refractivity contribution >= 4 is 23.0 Å². The molecular formula is C11H13ClN4O. The quantitative estimate of drug-likeness (QED) is 0.817. The minimum Gasteiger partial charge on any atom is -0.398 e. The Morgan fingerprint density at radius 2 is 2.29 bits per heavy atom. The standard InChI is InChI=1S/C11H13ClN4O/c1-7-4-9(13)8(12)5-10(7)14-3-2-11-15-6-16-17-11/h4-6,14H,2-3,13H2,1H3. The molecule has 1 aromatic heterocycles. The Morgan fingerprint density at radius 1 is 1.47 bits per heavy atom. The number of hydrogen-bond acceptors (Lipinski definition) is 5. The summed E-state index contributed by atoms with van der Waals surface area (Å²) in [6.45, 7) is 2.67. The average molecular weight is 253 g/mol. The number of aromatic nitrogens is 2. The molecule has 0 spiro atoms. The molecular weight excluding hydrogens is 240 g/mol. The van der Waals surface area contributed by atoms with Gasteiger partial charge in [-0.15, -0.1) is 0 Å². The van der Waals surface area contributed by atoms with Crippen LogP contribution in [-0.2, 0) is 6.42 Å². The van der Waals surface area contributed by atoms with Gasteiger partial charge in [-0.25, -0.2) is 0 Å². The maximum Gasteiger partial charge on any atom is 0.228 e. The molecule has 6 heteroatoms. The number of nitrogen functional groups attached to an aromatic ring is 1. The van der Waals surface area contributed by atoms with Crippen LogP contribution >= 0.6 is 11.6 Å². The fourth-order valence-electron chi connectivity index (χ4n) is 1.50. The van der Waals surface area contributed by atoms with Crippen molar-refractivity contribution in [1.82, 2.24) is 10.1 Å². The molecule has 0 saturated carbocycles. The van der Waals surface area contributed by atoms with Gasteiger partial charge in [-0.3, -0.25) is 0 Å². The van der Waals surface area contributed by atoms with Gasteiger partial charge in [0.25, 0.3) is 0 Å². The van der Waals surface area contributed by atoms with Gasteiger partial charge < -0.3 is 15.6 Å². The third kappa shape index (κ3) is 2.88. The van der Waals surface area contributed by atoms with Gasteiger partial charge in [-0.2, -0.15) is 4.98 Å². The van der Waals surface area contributed by atoms with Crippen LogP contribution in [0.5, 0.6) is 0 Å². The number of rotatable bonds is 4. The average Bonchev–Trinajstić information content (AvgIpc) is 2.78. The number of halogens is 1. The molecule has 90 valence electrons. The number of nitrogens with two attached hydrogens (primary N) is 1. The molecule has 17 heavy (non-hydrogen) atoms. The van der Waals surface area contributed by atoms with Crippen LogP contribution in [0.2, 0.25) is 5.02 Å². The number of hydrogen-bond donors (Lipinski definition) is 2. The number of aryl methyl sites for hydroxylation is 1. The van der Waals surface area contributed by atoms with Crippen molar-refractivity contribution in [3.63, 3.8) is 0 Å². The molecule has 0 saturated heterocycles. The second kappa shape index (κ2) is 5.05. The van der Waals surface area contributed by atoms with Crippen molar-refractivity contribution in [2.45, 2.75) is 13.3 Å². The molecule has 0 unspecified atom stereocenters. The summed E-state index contributed by atoms with van der Waals surface area (Å²) in [5.41, 5.74) is 8.31. The largest absolute Gasteiger partial charge is 0.398 e. The SMILES string of the molecule is Cc1cc(N)c(Cl)cc1NCCc1ncno1. The van der Waals surface area contributed by atoms with Crippen molar-refractivity contribution in [3.05, 3.63) is 34.9 Å². The van der Waals surface area contributed by atoms with Crippen molar-refractivity contribution in [2.24, 2.45) is 0 Å². The minimum atomic E-state index is 0.552. The van der Waals surface area contributed by atoms with Crippen LogP contribution in [0.3, 0.4) is 0 Å². The van der Waals surface area contributed by atoms with E-state index in [0.29, 0.717) is 29.6 Å². The molecule has 0 radical (unpaired) electrons. The molecule has 3 N–H and O–H groups in total. The Balaban J connectivity index is 1.97. The van der Waals surface area contributed by atoms with E-state index in [2.05, 4.69) is 15.5 Å². The lowest BCUT2D eigenvalue weighted by molar-refractivity contribution is 0.380. The molecule has 1 aromatic carbocycles. The summed E-state index contributed by atoms with van der Waals surface area (Å²) >= 11 is 5.96. The number of anilines is 2. The normalized spacial score (nSPS) is 10.5. The van der Waals surface area contributed by atoms with Crippen molar-refractivity contribution in [1.29, 1.82) is 0 Å². The maximum atomic E-state index is 5.96. The summed E-state index contributed by atoms with van der Waals surface area (Å²) < 4.78 is 4.90. The molecule has 0 fully saturated rings. The van der Waals surface area contributed by atoms with Crippen LogP contribution in [0, 0.1) is 6.92 Å². The molecule has 0 aliphatic carbocycles. The lowest BCUT2D eigenvalue weighted by Gasteiger charge is -2.10. The zero-order chi connectivity index (χ0) is 12.3. The highest BCUT2D eigenvalue weighted by molar-refractivity contribution is 6.33. The molecule has 1 heterocycles. The van der Waals surface area contributed by atoms with Gasteiger partial charge in [-0.1, -0.05) is 16.8 Å². The summed E-state index contributed by atoms with van der Waals surface area (Å²) in [5, 5.41) is 7.34. The van der Waals surface area contributed by atoms with Crippen molar-refractivity contribution in [3.8, 4) is 0 Å². The summed E-state index contributed by atoms with van der Waals surface area (Å²) in [6.07, 6.45) is 2.06. The first-order valence-corrected chi connectivity index (χ1v) is 5.59. The zero-order valence-electron chi connectivity index (χ0n) is 9.40. The third-order valence-electron chi connectivity index (χ3n) is 2.40. The van der Waals surface area contributed by atoms with Gasteiger partial charge in [0.05, 0.1) is 10.7 Å². The minimum absolute atomic E-state index is 0.552. The van der Waals surface area contributed by atoms with Crippen LogP contribution in [-0.4, -0.2) is 16.7 Å². The highest BCUT2D eigenvalue weighted by Crippen LogP contribution is 2.26. The molecule has 2 aromatic rings. The summed E-state index contributed by atoms with van der Waals surface area (Å²) in [7, 11) is 0. The Labute approximate surface area is 104 Å². The van der Waals surface area contributed by atoms with E-state index in [1.807, 2.05) is 19.1 Å². The topological polar surface area (TPSA) is 77.0 Å². The van der Waals surface area contributed by atoms with E-state index in [4.69, 9.17) is 21.9 Å². The van der Waals surface area contributed by atoms with Crippen molar-refractivity contribution < 1.29 is 4.52 Å². The van der Waals surface area contributed by atoms with Gasteiger partial charge in [0, 0.05) is 18.7 Å². The lowest BCUT2D eigenvalue weighted by atomic mass is 10.1. The van der Waals surface area contributed by atoms with E-state index < -0.39 is 0 Å². The van der Waals surface area contributed by atoms with E-state index in [1.54, 1.807) is 0 Å². The predicted molar refractivity (Wildman–Crippen MR) is 67.1 cm³/mol. The molecule has 0 amide bonds. The number of nitrogens with one attached hydrogen (secondary N) is 1. The smallest absolute Gasteiger partial charge is 0.228 e. The highest BCUT2D eigenvalue weighted by Gasteiger charge is 2.04. The second-order valence-electron chi connectivity index (χ2n) is 3.70. The van der Waals surface area contributed by atoms with E-state index in [9.17, 15) is 0 Å².